The molecule has 0 aliphatic carbocycles. The fraction of sp³-hybridized carbons (Fsp3) is 0.500. The van der Waals surface area contributed by atoms with Crippen molar-refractivity contribution in [2.24, 2.45) is 0 Å². The number of rotatable bonds is 6. The zero-order valence-electron chi connectivity index (χ0n) is 10.3. The number of hydrogen-bond acceptors (Lipinski definition) is 3. The smallest absolute Gasteiger partial charge is 0.178 e. The van der Waals surface area contributed by atoms with Gasteiger partial charge in [-0.2, -0.15) is 11.8 Å². The van der Waals surface area contributed by atoms with E-state index >= 15 is 0 Å². The first-order valence-electron chi connectivity index (χ1n) is 5.95. The van der Waals surface area contributed by atoms with Crippen molar-refractivity contribution in [1.82, 2.24) is 14.5 Å². The molecular formula is C12H16ClN3S2. The fourth-order valence-corrected chi connectivity index (χ4v) is 3.03. The standard InChI is InChI=1S/C12H16ClN3S2/c1-18-6-4-2-3-5-16-11-9(13)7-14-8-10(11)15-12(16)17/h7-8H,2-6H2,1H3,(H,15,17). The van der Waals surface area contributed by atoms with Crippen LogP contribution in [0.1, 0.15) is 19.3 Å². The second-order valence-electron chi connectivity index (χ2n) is 4.15. The van der Waals surface area contributed by atoms with E-state index in [0.29, 0.717) is 5.02 Å². The Morgan fingerprint density at radius 3 is 3.00 bits per heavy atom. The van der Waals surface area contributed by atoms with Gasteiger partial charge in [0.15, 0.2) is 4.77 Å². The third-order valence-corrected chi connectivity index (χ3v) is 4.16. The summed E-state index contributed by atoms with van der Waals surface area (Å²) in [6, 6.07) is 0. The summed E-state index contributed by atoms with van der Waals surface area (Å²) in [5.41, 5.74) is 1.89. The lowest BCUT2D eigenvalue weighted by molar-refractivity contribution is 0.611. The number of hydrogen-bond donors (Lipinski definition) is 1. The highest BCUT2D eigenvalue weighted by atomic mass is 35.5. The average Bonchev–Trinajstić information content (AvgIpc) is 2.67. The molecular weight excluding hydrogens is 286 g/mol. The van der Waals surface area contributed by atoms with Crippen molar-refractivity contribution < 1.29 is 0 Å². The Bertz CT molecular complexity index is 576. The van der Waals surface area contributed by atoms with Crippen LogP contribution in [-0.2, 0) is 6.54 Å². The number of thioether (sulfide) groups is 1. The van der Waals surface area contributed by atoms with E-state index in [9.17, 15) is 0 Å². The normalized spacial score (nSPS) is 11.2. The lowest BCUT2D eigenvalue weighted by Crippen LogP contribution is -1.98. The van der Waals surface area contributed by atoms with Crippen molar-refractivity contribution in [1.29, 1.82) is 0 Å². The topological polar surface area (TPSA) is 33.6 Å². The van der Waals surface area contributed by atoms with Gasteiger partial charge in [-0.25, -0.2) is 0 Å². The molecule has 3 nitrogen and oxygen atoms in total. The summed E-state index contributed by atoms with van der Waals surface area (Å²) < 4.78 is 2.80. The maximum Gasteiger partial charge on any atom is 0.178 e. The molecule has 98 valence electrons. The van der Waals surface area contributed by atoms with E-state index < -0.39 is 0 Å². The summed E-state index contributed by atoms with van der Waals surface area (Å²) in [4.78, 5) is 7.21. The molecule has 0 unspecified atom stereocenters. The number of aromatic nitrogens is 3. The lowest BCUT2D eigenvalue weighted by Gasteiger charge is -2.05. The van der Waals surface area contributed by atoms with E-state index in [2.05, 4.69) is 20.8 Å². The third-order valence-electron chi connectivity index (χ3n) is 2.86. The second-order valence-corrected chi connectivity index (χ2v) is 5.93. The first-order chi connectivity index (χ1) is 8.74. The molecule has 6 heteroatoms. The highest BCUT2D eigenvalue weighted by Gasteiger charge is 2.07. The van der Waals surface area contributed by atoms with Crippen molar-refractivity contribution in [2.45, 2.75) is 25.8 Å². The van der Waals surface area contributed by atoms with Crippen LogP contribution in [0.15, 0.2) is 12.4 Å². The summed E-state index contributed by atoms with van der Waals surface area (Å²) >= 11 is 13.4. The van der Waals surface area contributed by atoms with Crippen LogP contribution in [0.4, 0.5) is 0 Å². The van der Waals surface area contributed by atoms with E-state index in [1.165, 1.54) is 18.6 Å². The molecule has 0 atom stereocenters. The van der Waals surface area contributed by atoms with Gasteiger partial charge < -0.3 is 9.55 Å². The molecule has 2 aromatic rings. The Morgan fingerprint density at radius 1 is 1.39 bits per heavy atom. The number of nitrogens with one attached hydrogen (secondary N) is 1. The molecule has 0 saturated carbocycles. The van der Waals surface area contributed by atoms with Crippen LogP contribution >= 0.6 is 35.6 Å². The fourth-order valence-electron chi connectivity index (χ4n) is 1.98. The minimum atomic E-state index is 0.656. The van der Waals surface area contributed by atoms with Gasteiger partial charge >= 0.3 is 0 Å². The van der Waals surface area contributed by atoms with E-state index in [4.69, 9.17) is 23.8 Å². The molecule has 2 rings (SSSR count). The largest absolute Gasteiger partial charge is 0.329 e. The van der Waals surface area contributed by atoms with Crippen molar-refractivity contribution in [3.63, 3.8) is 0 Å². The van der Waals surface area contributed by atoms with Gasteiger partial charge in [-0.1, -0.05) is 18.0 Å². The van der Waals surface area contributed by atoms with Crippen molar-refractivity contribution in [2.75, 3.05) is 12.0 Å². The van der Waals surface area contributed by atoms with Gasteiger partial charge in [0.1, 0.15) is 0 Å². The molecule has 1 N–H and O–H groups in total. The number of halogens is 1. The van der Waals surface area contributed by atoms with Crippen molar-refractivity contribution in [3.05, 3.63) is 22.2 Å². The van der Waals surface area contributed by atoms with Gasteiger partial charge in [0, 0.05) is 12.7 Å². The van der Waals surface area contributed by atoms with E-state index in [-0.39, 0.29) is 0 Å². The van der Waals surface area contributed by atoms with Gasteiger partial charge in [-0.3, -0.25) is 4.98 Å². The Hall–Kier alpha value is -0.520. The Labute approximate surface area is 121 Å². The molecule has 0 radical (unpaired) electrons. The first-order valence-corrected chi connectivity index (χ1v) is 8.13. The number of imidazole rings is 1. The SMILES string of the molecule is CSCCCCCn1c(=S)[nH]c2cncc(Cl)c21. The molecule has 0 fully saturated rings. The maximum atomic E-state index is 6.19. The number of nitrogens with zero attached hydrogens (tertiary/aromatic N) is 2. The highest BCUT2D eigenvalue weighted by molar-refractivity contribution is 7.98. The van der Waals surface area contributed by atoms with Gasteiger partial charge in [-0.15, -0.1) is 0 Å². The van der Waals surface area contributed by atoms with Crippen LogP contribution in [0.25, 0.3) is 11.0 Å². The van der Waals surface area contributed by atoms with Crippen LogP contribution in [0.5, 0.6) is 0 Å². The van der Waals surface area contributed by atoms with Crippen LogP contribution in [-0.4, -0.2) is 26.5 Å². The predicted molar refractivity (Wildman–Crippen MR) is 82.2 cm³/mol. The van der Waals surface area contributed by atoms with Gasteiger partial charge in [0.2, 0.25) is 0 Å². The number of fused-ring (bicyclic) bond motifs is 1. The molecule has 0 amide bonds. The van der Waals surface area contributed by atoms with Crippen LogP contribution in [0.3, 0.4) is 0 Å². The number of aryl methyl sites for hydroxylation is 1. The quantitative estimate of drug-likeness (QED) is 0.638. The predicted octanol–water partition coefficient (Wildman–Crippen LogP) is 4.28. The Balaban J connectivity index is 2.12. The maximum absolute atomic E-state index is 6.19. The van der Waals surface area contributed by atoms with E-state index in [1.54, 1.807) is 12.4 Å². The summed E-state index contributed by atoms with van der Waals surface area (Å²) in [6.45, 7) is 0.914. The summed E-state index contributed by atoms with van der Waals surface area (Å²) in [6.07, 6.45) is 9.17. The van der Waals surface area contributed by atoms with E-state index in [0.717, 1.165) is 28.8 Å². The zero-order chi connectivity index (χ0) is 13.0. The molecule has 0 aliphatic rings. The molecule has 2 aromatic heterocycles. The minimum Gasteiger partial charge on any atom is -0.329 e. The van der Waals surface area contributed by atoms with Crippen LogP contribution in [0.2, 0.25) is 5.02 Å². The summed E-state index contributed by atoms with van der Waals surface area (Å²) in [7, 11) is 0. The first kappa shape index (κ1) is 13.9. The number of H-pyrrole nitrogens is 1. The summed E-state index contributed by atoms with van der Waals surface area (Å²) in [5, 5.41) is 0.656. The summed E-state index contributed by atoms with van der Waals surface area (Å²) in [5.74, 6) is 1.23. The molecule has 0 bridgehead atoms. The Morgan fingerprint density at radius 2 is 2.22 bits per heavy atom. The van der Waals surface area contributed by atoms with E-state index in [1.807, 2.05) is 11.8 Å². The Kier molecular flexibility index (Phi) is 5.09. The highest BCUT2D eigenvalue weighted by Crippen LogP contribution is 2.22. The monoisotopic (exact) mass is 301 g/mol. The van der Waals surface area contributed by atoms with Gasteiger partial charge in [-0.05, 0) is 37.1 Å². The molecule has 18 heavy (non-hydrogen) atoms. The molecule has 0 aliphatic heterocycles. The molecule has 0 aromatic carbocycles. The third kappa shape index (κ3) is 3.08. The van der Waals surface area contributed by atoms with Crippen molar-refractivity contribution in [3.8, 4) is 0 Å². The lowest BCUT2D eigenvalue weighted by atomic mass is 10.2. The zero-order valence-corrected chi connectivity index (χ0v) is 12.7. The number of unbranched alkanes of at least 4 members (excludes halogenated alkanes) is 2. The minimum absolute atomic E-state index is 0.656. The van der Waals surface area contributed by atoms with Gasteiger partial charge in [0.25, 0.3) is 0 Å². The molecule has 0 spiro atoms. The number of aromatic amines is 1. The number of pyridine rings is 1. The second kappa shape index (κ2) is 6.59. The van der Waals surface area contributed by atoms with Crippen molar-refractivity contribution >= 4 is 46.6 Å². The van der Waals surface area contributed by atoms with Crippen LogP contribution in [0, 0.1) is 4.77 Å². The molecule has 0 saturated heterocycles. The van der Waals surface area contributed by atoms with Gasteiger partial charge in [0.05, 0.1) is 22.3 Å². The molecule has 2 heterocycles. The average molecular weight is 302 g/mol. The van der Waals surface area contributed by atoms with Crippen LogP contribution < -0.4 is 0 Å².